The summed E-state index contributed by atoms with van der Waals surface area (Å²) in [6, 6.07) is 1.62. The molecular formula is C28H30N4O10S. The Balaban J connectivity index is 1.65. The van der Waals surface area contributed by atoms with Gasteiger partial charge in [-0.25, -0.2) is 9.78 Å². The Labute approximate surface area is 248 Å². The van der Waals surface area contributed by atoms with E-state index in [0.717, 1.165) is 11.3 Å². The molecule has 1 amide bonds. The lowest BCUT2D eigenvalue weighted by Gasteiger charge is -2.53. The predicted molar refractivity (Wildman–Crippen MR) is 152 cm³/mol. The number of fused-ring (bicyclic) bond motifs is 3. The molecule has 5 rings (SSSR count). The van der Waals surface area contributed by atoms with E-state index in [1.54, 1.807) is 19.9 Å². The minimum absolute atomic E-state index is 0.0522. The number of primary amides is 1. The monoisotopic (exact) mass is 614 g/mol. The fourth-order valence-corrected chi connectivity index (χ4v) is 7.18. The van der Waals surface area contributed by atoms with Crippen LogP contribution in [0.4, 0.5) is 10.8 Å². The van der Waals surface area contributed by atoms with Crippen LogP contribution < -0.4 is 11.1 Å². The largest absolute Gasteiger partial charge is 0.508 e. The maximum Gasteiger partial charge on any atom is 0.350 e. The lowest BCUT2D eigenvalue weighted by atomic mass is 9.54. The van der Waals surface area contributed by atoms with E-state index in [-0.39, 0.29) is 27.9 Å². The second-order valence-corrected chi connectivity index (χ2v) is 11.9. The molecule has 3 unspecified atom stereocenters. The second-order valence-electron chi connectivity index (χ2n) is 10.9. The predicted octanol–water partition coefficient (Wildman–Crippen LogP) is 0.873. The highest BCUT2D eigenvalue weighted by Gasteiger charge is 2.68. The number of phenols is 1. The Bertz CT molecular complexity index is 1650. The summed E-state index contributed by atoms with van der Waals surface area (Å²) < 4.78 is 4.96. The quantitative estimate of drug-likeness (QED) is 0.136. The zero-order chi connectivity index (χ0) is 31.7. The molecule has 0 radical (unpaired) electrons. The molecule has 1 saturated carbocycles. The van der Waals surface area contributed by atoms with E-state index in [1.165, 1.54) is 31.3 Å². The van der Waals surface area contributed by atoms with Gasteiger partial charge in [0.25, 0.3) is 5.91 Å². The van der Waals surface area contributed by atoms with Gasteiger partial charge in [0.2, 0.25) is 5.78 Å². The molecule has 14 nitrogen and oxygen atoms in total. The Hall–Kier alpha value is -4.31. The average molecular weight is 615 g/mol. The highest BCUT2D eigenvalue weighted by Crippen LogP contribution is 2.56. The van der Waals surface area contributed by atoms with Crippen LogP contribution in [0.2, 0.25) is 0 Å². The number of likely N-dealkylation sites (N-methyl/N-ethyl adjacent to an activating group) is 1. The molecule has 2 aromatic rings. The van der Waals surface area contributed by atoms with Gasteiger partial charge in [-0.2, -0.15) is 0 Å². The number of nitrogens with one attached hydrogen (secondary N) is 1. The summed E-state index contributed by atoms with van der Waals surface area (Å²) in [6.45, 7) is 3.47. The molecule has 1 fully saturated rings. The summed E-state index contributed by atoms with van der Waals surface area (Å²) in [4.78, 5) is 57.1. The van der Waals surface area contributed by atoms with Gasteiger partial charge in [0.05, 0.1) is 42.1 Å². The molecule has 1 aromatic heterocycles. The maximum absolute atomic E-state index is 14.1. The number of nitrogens with zero attached hydrogens (tertiary/aromatic N) is 2. The zero-order valence-electron chi connectivity index (χ0n) is 23.5. The van der Waals surface area contributed by atoms with E-state index < -0.39 is 87.4 Å². The van der Waals surface area contributed by atoms with Gasteiger partial charge in [-0.3, -0.25) is 19.3 Å². The van der Waals surface area contributed by atoms with Crippen molar-refractivity contribution in [1.82, 2.24) is 9.88 Å². The summed E-state index contributed by atoms with van der Waals surface area (Å²) in [5, 5.41) is 60.2. The zero-order valence-corrected chi connectivity index (χ0v) is 24.3. The highest BCUT2D eigenvalue weighted by molar-refractivity contribution is 7.17. The molecular weight excluding hydrogens is 584 g/mol. The third-order valence-corrected chi connectivity index (χ3v) is 9.25. The van der Waals surface area contributed by atoms with Crippen molar-refractivity contribution in [2.75, 3.05) is 26.0 Å². The van der Waals surface area contributed by atoms with Crippen LogP contribution in [0, 0.1) is 11.8 Å². The molecule has 43 heavy (non-hydrogen) atoms. The number of rotatable bonds is 6. The number of thiazole rings is 1. The number of phenolic OH excluding ortho intramolecular Hbond substituents is 1. The standard InChI is InChI=1S/C28H30N4O10S/c1-5-42-26(40)12-8-30-27(43-12)31-11-7-6-10-9(2)13-15(20(34)14(10)19(11)33)23(37)28(41)17(21(13)35)18(32(3)4)22(36)16(24(28)38)25(29)39/h6-9,13,17-18,21,33-35,38,41H,5H2,1-4H3,(H2,29,39)(H,30,31)/t9-,13?,17?,18-,21?,28-/m0/s1. The van der Waals surface area contributed by atoms with Gasteiger partial charge in [0, 0.05) is 11.5 Å². The molecule has 0 spiro atoms. The number of hydrogen-bond donors (Lipinski definition) is 7. The first-order valence-electron chi connectivity index (χ1n) is 13.3. The number of aliphatic hydroxyl groups excluding tert-OH is 3. The van der Waals surface area contributed by atoms with Crippen LogP contribution in [-0.4, -0.2) is 97.3 Å². The van der Waals surface area contributed by atoms with Crippen LogP contribution in [-0.2, 0) is 19.1 Å². The van der Waals surface area contributed by atoms with Crippen molar-refractivity contribution >= 4 is 51.4 Å². The van der Waals surface area contributed by atoms with Gasteiger partial charge in [0.1, 0.15) is 27.7 Å². The van der Waals surface area contributed by atoms with E-state index in [1.807, 2.05) is 0 Å². The van der Waals surface area contributed by atoms with Crippen molar-refractivity contribution in [3.05, 3.63) is 51.2 Å². The molecule has 1 heterocycles. The van der Waals surface area contributed by atoms with Gasteiger partial charge >= 0.3 is 5.97 Å². The normalized spacial score (nSPS) is 28.4. The molecule has 6 atom stereocenters. The van der Waals surface area contributed by atoms with Crippen LogP contribution in [0.15, 0.2) is 35.2 Å². The molecule has 8 N–H and O–H groups in total. The van der Waals surface area contributed by atoms with E-state index >= 15 is 0 Å². The Morgan fingerprint density at radius 3 is 2.49 bits per heavy atom. The lowest BCUT2D eigenvalue weighted by Crippen LogP contribution is -2.70. The second kappa shape index (κ2) is 10.4. The number of esters is 1. The van der Waals surface area contributed by atoms with Crippen molar-refractivity contribution in [1.29, 1.82) is 0 Å². The molecule has 0 saturated heterocycles. The summed E-state index contributed by atoms with van der Waals surface area (Å²) in [5.41, 5.74) is 1.07. The SMILES string of the molecule is CCOC(=O)c1cnc(Nc2ccc3c(c2O)C(O)=C2C(=O)[C@]4(O)C(O)=C(C(N)=O)C(=O)[C@@H](N(C)C)C4C(O)C2[C@H]3C)s1. The van der Waals surface area contributed by atoms with E-state index in [4.69, 9.17) is 10.5 Å². The van der Waals surface area contributed by atoms with Gasteiger partial charge in [-0.05, 0) is 38.6 Å². The number of carbonyl (C=O) groups excluding carboxylic acids is 4. The van der Waals surface area contributed by atoms with E-state index in [2.05, 4.69) is 10.3 Å². The smallest absolute Gasteiger partial charge is 0.350 e. The molecule has 1 aromatic carbocycles. The summed E-state index contributed by atoms with van der Waals surface area (Å²) in [6.07, 6.45) is -0.394. The first kappa shape index (κ1) is 30.2. The van der Waals surface area contributed by atoms with Crippen LogP contribution in [0.25, 0.3) is 5.76 Å². The van der Waals surface area contributed by atoms with Crippen LogP contribution >= 0.6 is 11.3 Å². The third kappa shape index (κ3) is 4.22. The molecule has 15 heteroatoms. The number of aliphatic hydroxyl groups is 4. The minimum atomic E-state index is -3.00. The number of ether oxygens (including phenoxy) is 1. The summed E-state index contributed by atoms with van der Waals surface area (Å²) in [5.74, 6) is -10.3. The van der Waals surface area contributed by atoms with Crippen molar-refractivity contribution < 1.29 is 49.4 Å². The van der Waals surface area contributed by atoms with Crippen LogP contribution in [0.1, 0.15) is 40.6 Å². The molecule has 0 bridgehead atoms. The van der Waals surface area contributed by atoms with Crippen molar-refractivity contribution in [2.24, 2.45) is 17.6 Å². The first-order chi connectivity index (χ1) is 20.2. The first-order valence-corrected chi connectivity index (χ1v) is 14.1. The van der Waals surface area contributed by atoms with Gasteiger partial charge in [-0.15, -0.1) is 0 Å². The Morgan fingerprint density at radius 1 is 1.21 bits per heavy atom. The number of nitrogens with two attached hydrogens (primary N) is 1. The number of amides is 1. The number of hydrogen-bond acceptors (Lipinski definition) is 14. The number of benzene rings is 1. The van der Waals surface area contributed by atoms with Gasteiger partial charge in [-0.1, -0.05) is 24.3 Å². The van der Waals surface area contributed by atoms with Crippen molar-refractivity contribution in [3.63, 3.8) is 0 Å². The highest BCUT2D eigenvalue weighted by atomic mass is 32.1. The topological polar surface area (TPSA) is 233 Å². The number of Topliss-reactive ketones (excluding diaryl/α,β-unsaturated/α-hetero) is 2. The molecule has 228 valence electrons. The van der Waals surface area contributed by atoms with Crippen LogP contribution in [0.5, 0.6) is 5.75 Å². The van der Waals surface area contributed by atoms with E-state index in [0.29, 0.717) is 5.56 Å². The van der Waals surface area contributed by atoms with Crippen molar-refractivity contribution in [2.45, 2.75) is 37.5 Å². The number of carbonyl (C=O) groups is 4. The molecule has 3 aliphatic rings. The van der Waals surface area contributed by atoms with Gasteiger partial charge in [0.15, 0.2) is 16.5 Å². The van der Waals surface area contributed by atoms with E-state index in [9.17, 15) is 44.7 Å². The third-order valence-electron chi connectivity index (χ3n) is 8.35. The minimum Gasteiger partial charge on any atom is -0.508 e. The molecule has 0 aliphatic heterocycles. The van der Waals surface area contributed by atoms with Crippen LogP contribution in [0.3, 0.4) is 0 Å². The van der Waals surface area contributed by atoms with Gasteiger partial charge < -0.3 is 41.3 Å². The lowest BCUT2D eigenvalue weighted by molar-refractivity contribution is -0.169. The summed E-state index contributed by atoms with van der Waals surface area (Å²) >= 11 is 0.955. The Morgan fingerprint density at radius 2 is 1.88 bits per heavy atom. The maximum atomic E-state index is 14.1. The Kier molecular flexibility index (Phi) is 7.33. The number of aromatic nitrogens is 1. The molecule has 3 aliphatic carbocycles. The number of aromatic hydroxyl groups is 1. The summed E-state index contributed by atoms with van der Waals surface area (Å²) in [7, 11) is 2.88. The fourth-order valence-electron chi connectivity index (χ4n) is 6.46. The number of ketones is 2. The average Bonchev–Trinajstić information content (AvgIpc) is 3.40. The fraction of sp³-hybridized carbons (Fsp3) is 0.393. The van der Waals surface area contributed by atoms with Crippen molar-refractivity contribution in [3.8, 4) is 5.75 Å². The number of anilines is 2.